The molecular weight excluding hydrogens is 360 g/mol. The molecule has 0 spiro atoms. The van der Waals surface area contributed by atoms with E-state index in [-0.39, 0.29) is 5.91 Å². The molecule has 4 nitrogen and oxygen atoms in total. The largest absolute Gasteiger partial charge is 0.378 e. The first-order valence-electron chi connectivity index (χ1n) is 10.3. The van der Waals surface area contributed by atoms with Crippen LogP contribution in [0.5, 0.6) is 0 Å². The van der Waals surface area contributed by atoms with Gasteiger partial charge in [0.15, 0.2) is 0 Å². The molecule has 2 fully saturated rings. The van der Waals surface area contributed by atoms with E-state index in [1.54, 1.807) is 0 Å². The highest BCUT2D eigenvalue weighted by Gasteiger charge is 2.45. The fourth-order valence-electron chi connectivity index (χ4n) is 4.06. The Morgan fingerprint density at radius 2 is 2.19 bits per heavy atom. The zero-order valence-electron chi connectivity index (χ0n) is 17.0. The third kappa shape index (κ3) is 6.78. The van der Waals surface area contributed by atoms with Crippen LogP contribution in [0.2, 0.25) is 0 Å². The van der Waals surface area contributed by atoms with Crippen LogP contribution in [-0.4, -0.2) is 36.2 Å². The van der Waals surface area contributed by atoms with E-state index in [0.717, 1.165) is 57.2 Å². The first-order valence-corrected chi connectivity index (χ1v) is 10.7. The third-order valence-corrected chi connectivity index (χ3v) is 5.75. The van der Waals surface area contributed by atoms with Gasteiger partial charge in [0, 0.05) is 35.7 Å². The topological polar surface area (TPSA) is 41.6 Å². The van der Waals surface area contributed by atoms with Gasteiger partial charge in [0.25, 0.3) is 5.91 Å². The van der Waals surface area contributed by atoms with E-state index < -0.39 is 0 Å². The highest BCUT2D eigenvalue weighted by atomic mass is 35.5. The molecule has 2 aliphatic rings. The summed E-state index contributed by atoms with van der Waals surface area (Å²) >= 11 is 5.73. The summed E-state index contributed by atoms with van der Waals surface area (Å²) in [6, 6.07) is 0.416. The molecule has 152 valence electrons. The molecule has 0 aromatic carbocycles. The lowest BCUT2D eigenvalue weighted by atomic mass is 10.0. The van der Waals surface area contributed by atoms with Crippen LogP contribution in [0.25, 0.3) is 0 Å². The molecule has 27 heavy (non-hydrogen) atoms. The second-order valence-electron chi connectivity index (χ2n) is 7.86. The van der Waals surface area contributed by atoms with Crippen molar-refractivity contribution in [2.24, 2.45) is 11.8 Å². The average Bonchev–Trinajstić information content (AvgIpc) is 3.19. The van der Waals surface area contributed by atoms with E-state index >= 15 is 0 Å². The molecule has 1 aliphatic carbocycles. The van der Waals surface area contributed by atoms with Crippen LogP contribution in [0.1, 0.15) is 59.3 Å². The highest BCUT2D eigenvalue weighted by Crippen LogP contribution is 2.38. The van der Waals surface area contributed by atoms with Gasteiger partial charge in [0.05, 0.1) is 6.10 Å². The van der Waals surface area contributed by atoms with Gasteiger partial charge in [-0.1, -0.05) is 51.1 Å². The SMILES string of the molecule is C=C(Cl)/C=C\CC(C)CCO[C@@H]1C[C@@H]2C[C@H]1CN2NC(=O)/C(=C/CC)CC. The van der Waals surface area contributed by atoms with Gasteiger partial charge in [0.1, 0.15) is 0 Å². The molecular formula is C22H35ClN2O2. The molecule has 2 bridgehead atoms. The maximum absolute atomic E-state index is 12.4. The van der Waals surface area contributed by atoms with Crippen molar-refractivity contribution in [1.29, 1.82) is 0 Å². The van der Waals surface area contributed by atoms with Crippen molar-refractivity contribution in [2.75, 3.05) is 13.2 Å². The van der Waals surface area contributed by atoms with E-state index in [1.165, 1.54) is 0 Å². The summed E-state index contributed by atoms with van der Waals surface area (Å²) < 4.78 is 6.18. The van der Waals surface area contributed by atoms with Gasteiger partial charge in [-0.15, -0.1) is 0 Å². The zero-order valence-corrected chi connectivity index (χ0v) is 17.8. The van der Waals surface area contributed by atoms with Crippen LogP contribution < -0.4 is 5.43 Å². The van der Waals surface area contributed by atoms with Crippen LogP contribution in [0.4, 0.5) is 0 Å². The number of hydrogen-bond donors (Lipinski definition) is 1. The summed E-state index contributed by atoms with van der Waals surface area (Å²) in [5.41, 5.74) is 4.00. The summed E-state index contributed by atoms with van der Waals surface area (Å²) in [4.78, 5) is 12.4. The number of hydrazine groups is 1. The Hall–Kier alpha value is -1.10. The number of fused-ring (bicyclic) bond motifs is 2. The molecule has 1 heterocycles. The van der Waals surface area contributed by atoms with Crippen molar-refractivity contribution in [3.63, 3.8) is 0 Å². The highest BCUT2D eigenvalue weighted by molar-refractivity contribution is 6.30. The van der Waals surface area contributed by atoms with Gasteiger partial charge < -0.3 is 4.74 Å². The van der Waals surface area contributed by atoms with Gasteiger partial charge >= 0.3 is 0 Å². The van der Waals surface area contributed by atoms with E-state index in [1.807, 2.05) is 19.1 Å². The van der Waals surface area contributed by atoms with Crippen molar-refractivity contribution in [2.45, 2.75) is 71.4 Å². The van der Waals surface area contributed by atoms with E-state index in [9.17, 15) is 4.79 Å². The van der Waals surface area contributed by atoms with Crippen molar-refractivity contribution < 1.29 is 9.53 Å². The summed E-state index contributed by atoms with van der Waals surface area (Å²) in [5.74, 6) is 1.17. The van der Waals surface area contributed by atoms with Gasteiger partial charge in [0.2, 0.25) is 0 Å². The molecule has 0 aromatic rings. The molecule has 5 heteroatoms. The van der Waals surface area contributed by atoms with Crippen molar-refractivity contribution >= 4 is 17.5 Å². The number of nitrogens with zero attached hydrogens (tertiary/aromatic N) is 1. The maximum atomic E-state index is 12.4. The van der Waals surface area contributed by atoms with Gasteiger partial charge in [-0.3, -0.25) is 10.2 Å². The lowest BCUT2D eigenvalue weighted by Crippen LogP contribution is -2.49. The smallest absolute Gasteiger partial charge is 0.261 e. The van der Waals surface area contributed by atoms with Crippen molar-refractivity contribution in [3.05, 3.63) is 35.4 Å². The normalized spacial score (nSPS) is 26.7. The van der Waals surface area contributed by atoms with Crippen LogP contribution in [-0.2, 0) is 9.53 Å². The number of carbonyl (C=O) groups excluding carboxylic acids is 1. The molecule has 4 atom stereocenters. The summed E-state index contributed by atoms with van der Waals surface area (Å²) in [6.45, 7) is 11.7. The van der Waals surface area contributed by atoms with Crippen LogP contribution >= 0.6 is 11.6 Å². The minimum Gasteiger partial charge on any atom is -0.378 e. The second kappa shape index (κ2) is 11.0. The Morgan fingerprint density at radius 1 is 1.41 bits per heavy atom. The Labute approximate surface area is 169 Å². The Kier molecular flexibility index (Phi) is 9.07. The van der Waals surface area contributed by atoms with Crippen LogP contribution in [0.15, 0.2) is 35.4 Å². The number of hydrogen-bond acceptors (Lipinski definition) is 3. The summed E-state index contributed by atoms with van der Waals surface area (Å²) in [5, 5.41) is 2.71. The van der Waals surface area contributed by atoms with Crippen LogP contribution in [0, 0.1) is 11.8 Å². The Bertz CT molecular complexity index is 573. The predicted molar refractivity (Wildman–Crippen MR) is 112 cm³/mol. The van der Waals surface area contributed by atoms with Crippen molar-refractivity contribution in [1.82, 2.24) is 10.4 Å². The molecule has 1 amide bonds. The number of allylic oxidation sites excluding steroid dienone is 4. The lowest BCUT2D eigenvalue weighted by Gasteiger charge is -2.32. The molecule has 0 radical (unpaired) electrons. The second-order valence-corrected chi connectivity index (χ2v) is 8.34. The number of ether oxygens (including phenoxy) is 1. The fraction of sp³-hybridized carbons (Fsp3) is 0.682. The number of halogens is 1. The van der Waals surface area contributed by atoms with Gasteiger partial charge in [-0.2, -0.15) is 0 Å². The van der Waals surface area contributed by atoms with E-state index in [4.69, 9.17) is 16.3 Å². The first-order chi connectivity index (χ1) is 12.9. The number of nitrogens with one attached hydrogen (secondary N) is 1. The molecule has 1 unspecified atom stereocenters. The maximum Gasteiger partial charge on any atom is 0.261 e. The quantitative estimate of drug-likeness (QED) is 0.397. The summed E-state index contributed by atoms with van der Waals surface area (Å²) in [6.07, 6.45) is 12.2. The van der Waals surface area contributed by atoms with Gasteiger partial charge in [-0.05, 0) is 50.5 Å². The van der Waals surface area contributed by atoms with E-state index in [0.29, 0.717) is 29.0 Å². The molecule has 1 N–H and O–H groups in total. The molecule has 2 rings (SSSR count). The summed E-state index contributed by atoms with van der Waals surface area (Å²) in [7, 11) is 0. The zero-order chi connectivity index (χ0) is 19.8. The number of carbonyl (C=O) groups is 1. The monoisotopic (exact) mass is 394 g/mol. The minimum absolute atomic E-state index is 0.0610. The van der Waals surface area contributed by atoms with Crippen LogP contribution in [0.3, 0.4) is 0 Å². The van der Waals surface area contributed by atoms with Gasteiger partial charge in [-0.25, -0.2) is 5.01 Å². The molecule has 0 aromatic heterocycles. The average molecular weight is 395 g/mol. The number of rotatable bonds is 11. The standard InChI is InChI=1S/C22H35ClN2O2/c1-5-8-18(6-2)22(26)24-25-15-19-13-20(25)14-21(19)27-12-11-16(3)9-7-10-17(4)23/h7-8,10,16,19-21H,4-6,9,11-15H2,1-3H3,(H,24,26)/b10-7-,18-8+/t16?,19-,20-,21+/m0/s1. The lowest BCUT2D eigenvalue weighted by molar-refractivity contribution is -0.124. The fourth-order valence-corrected chi connectivity index (χ4v) is 4.15. The molecule has 1 aliphatic heterocycles. The minimum atomic E-state index is 0.0610. The number of amides is 1. The van der Waals surface area contributed by atoms with Crippen molar-refractivity contribution in [3.8, 4) is 0 Å². The molecule has 1 saturated heterocycles. The first kappa shape index (κ1) is 22.2. The third-order valence-electron chi connectivity index (χ3n) is 5.62. The molecule has 1 saturated carbocycles. The van der Waals surface area contributed by atoms with E-state index in [2.05, 4.69) is 36.9 Å². The Balaban J connectivity index is 1.68. The predicted octanol–water partition coefficient (Wildman–Crippen LogP) is 4.97. The number of piperidine rings is 1. The Morgan fingerprint density at radius 3 is 2.78 bits per heavy atom.